The molecule has 0 saturated carbocycles. The summed E-state index contributed by atoms with van der Waals surface area (Å²) in [5.41, 5.74) is 0. The van der Waals surface area contributed by atoms with Crippen LogP contribution in [0.3, 0.4) is 0 Å². The first kappa shape index (κ1) is 17.4. The molecule has 0 unspecified atom stereocenters. The van der Waals surface area contributed by atoms with E-state index in [0.717, 1.165) is 6.54 Å². The second-order valence-electron chi connectivity index (χ2n) is 3.20. The third kappa shape index (κ3) is 15.5. The Hall–Kier alpha value is -1.01. The quantitative estimate of drug-likeness (QED) is 0.514. The average molecular weight is 251 g/mol. The summed E-state index contributed by atoms with van der Waals surface area (Å²) in [7, 11) is -3.67. The van der Waals surface area contributed by atoms with Crippen molar-refractivity contribution in [2.45, 2.75) is 26.3 Å². The molecule has 0 aliphatic rings. The van der Waals surface area contributed by atoms with E-state index in [1.54, 1.807) is 0 Å². The predicted octanol–water partition coefficient (Wildman–Crippen LogP) is -1.72. The molecule has 0 aliphatic carbocycles. The number of nitrogens with zero attached hydrogens (tertiary/aromatic N) is 1. The first-order valence-electron chi connectivity index (χ1n) is 4.80. The summed E-state index contributed by atoms with van der Waals surface area (Å²) in [6.07, 6.45) is 7.47. The first-order chi connectivity index (χ1) is 6.93. The molecule has 0 saturated heterocycles. The minimum atomic E-state index is -3.67. The van der Waals surface area contributed by atoms with E-state index in [-0.39, 0.29) is 4.70 Å². The fourth-order valence-electron chi connectivity index (χ4n) is 0.924. The Bertz CT molecular complexity index is 346. The molecule has 0 radical (unpaired) electrons. The highest BCUT2D eigenvalue weighted by atomic mass is 32.2. The molecule has 0 spiro atoms. The number of aromatic nitrogens is 1. The van der Waals surface area contributed by atoms with Crippen molar-refractivity contribution in [3.63, 3.8) is 0 Å². The maximum atomic E-state index is 9.19. The van der Waals surface area contributed by atoms with Gasteiger partial charge in [-0.05, 0) is 0 Å². The highest BCUT2D eigenvalue weighted by Crippen LogP contribution is 1.85. The maximum absolute atomic E-state index is 9.19. The molecule has 0 amide bonds. The van der Waals surface area contributed by atoms with Crippen LogP contribution in [0.25, 0.3) is 0 Å². The summed E-state index contributed by atoms with van der Waals surface area (Å²) < 4.78 is 28.1. The molecular weight excluding hydrogens is 233 g/mol. The molecule has 1 heterocycles. The minimum Gasteiger partial charge on any atom is -1.00 e. The van der Waals surface area contributed by atoms with Crippen molar-refractivity contribution >= 4 is 10.1 Å². The molecule has 1 rings (SSSR count). The lowest BCUT2D eigenvalue weighted by molar-refractivity contribution is -0.697. The molecule has 1 N–H and O–H groups in total. The van der Waals surface area contributed by atoms with Gasteiger partial charge >= 0.3 is 0 Å². The standard InChI is InChI=1S/C9H14N.CH4O3S.FH/c1-2-3-7-10-8-5-4-6-9-10;1-5(2,3)4;/h4-6,8-9H,2-3,7H2,1H3;1H3,(H,2,3,4);1H/q+1;;/p-1. The zero-order valence-corrected chi connectivity index (χ0v) is 10.3. The third-order valence-electron chi connectivity index (χ3n) is 1.55. The zero-order chi connectivity index (χ0) is 11.7. The monoisotopic (exact) mass is 251 g/mol. The minimum absolute atomic E-state index is 0. The second kappa shape index (κ2) is 9.23. The largest absolute Gasteiger partial charge is 1.00 e. The number of hydrogen-bond donors (Lipinski definition) is 1. The Morgan fingerprint density at radius 2 is 1.62 bits per heavy atom. The maximum Gasteiger partial charge on any atom is 0.261 e. The topological polar surface area (TPSA) is 58.2 Å². The van der Waals surface area contributed by atoms with Crippen LogP contribution in [-0.4, -0.2) is 19.2 Å². The number of unbranched alkanes of at least 4 members (excludes halogenated alkanes) is 1. The molecular formula is C10H18FNO3S. The summed E-state index contributed by atoms with van der Waals surface area (Å²) in [5, 5.41) is 0. The Balaban J connectivity index is 0. The van der Waals surface area contributed by atoms with E-state index >= 15 is 0 Å². The van der Waals surface area contributed by atoms with E-state index in [0.29, 0.717) is 6.26 Å². The first-order valence-corrected chi connectivity index (χ1v) is 6.65. The zero-order valence-electron chi connectivity index (χ0n) is 9.51. The highest BCUT2D eigenvalue weighted by Gasteiger charge is 1.93. The van der Waals surface area contributed by atoms with Crippen LogP contribution in [0.15, 0.2) is 30.6 Å². The summed E-state index contributed by atoms with van der Waals surface area (Å²) in [6.45, 7) is 3.36. The van der Waals surface area contributed by atoms with Gasteiger partial charge in [-0.25, -0.2) is 4.57 Å². The SMILES string of the molecule is CCCC[n+]1ccccc1.CS(=O)(=O)O.[F-]. The molecule has 0 aliphatic heterocycles. The molecule has 4 nitrogen and oxygen atoms in total. The van der Waals surface area contributed by atoms with E-state index in [1.807, 2.05) is 6.07 Å². The van der Waals surface area contributed by atoms with Crippen LogP contribution < -0.4 is 9.27 Å². The van der Waals surface area contributed by atoms with Crippen molar-refractivity contribution in [2.75, 3.05) is 6.26 Å². The van der Waals surface area contributed by atoms with Crippen molar-refractivity contribution in [2.24, 2.45) is 0 Å². The van der Waals surface area contributed by atoms with Gasteiger partial charge in [-0.2, -0.15) is 8.42 Å². The molecule has 1 aromatic rings. The molecule has 6 heteroatoms. The lowest BCUT2D eigenvalue weighted by Crippen LogP contribution is -3.00. The third-order valence-corrected chi connectivity index (χ3v) is 1.55. The molecule has 1 aromatic heterocycles. The van der Waals surface area contributed by atoms with E-state index < -0.39 is 10.1 Å². The van der Waals surface area contributed by atoms with Crippen molar-refractivity contribution < 1.29 is 22.2 Å². The number of rotatable bonds is 3. The summed E-state index contributed by atoms with van der Waals surface area (Å²) in [6, 6.07) is 6.17. The highest BCUT2D eigenvalue weighted by molar-refractivity contribution is 7.85. The molecule has 0 atom stereocenters. The lowest BCUT2D eigenvalue weighted by Gasteiger charge is -1.91. The normalized spacial score (nSPS) is 9.69. The molecule has 0 aromatic carbocycles. The van der Waals surface area contributed by atoms with Crippen LogP contribution in [0.1, 0.15) is 19.8 Å². The van der Waals surface area contributed by atoms with E-state index in [9.17, 15) is 8.42 Å². The van der Waals surface area contributed by atoms with Crippen molar-refractivity contribution in [3.8, 4) is 0 Å². The van der Waals surface area contributed by atoms with Crippen molar-refractivity contribution in [3.05, 3.63) is 30.6 Å². The molecule has 16 heavy (non-hydrogen) atoms. The molecule has 94 valence electrons. The Labute approximate surface area is 96.0 Å². The van der Waals surface area contributed by atoms with E-state index in [4.69, 9.17) is 4.55 Å². The van der Waals surface area contributed by atoms with Crippen LogP contribution in [0, 0.1) is 0 Å². The van der Waals surface area contributed by atoms with Crippen LogP contribution in [0.5, 0.6) is 0 Å². The van der Waals surface area contributed by atoms with Gasteiger partial charge in [-0.1, -0.05) is 19.4 Å². The Kier molecular flexibility index (Phi) is 10.0. The van der Waals surface area contributed by atoms with Crippen LogP contribution in [0.2, 0.25) is 0 Å². The van der Waals surface area contributed by atoms with E-state index in [1.165, 1.54) is 12.8 Å². The number of pyridine rings is 1. The Morgan fingerprint density at radius 3 is 2.00 bits per heavy atom. The van der Waals surface area contributed by atoms with Gasteiger partial charge in [0, 0.05) is 18.6 Å². The number of halogens is 1. The van der Waals surface area contributed by atoms with Gasteiger partial charge in [-0.15, -0.1) is 0 Å². The Morgan fingerprint density at radius 1 is 1.19 bits per heavy atom. The van der Waals surface area contributed by atoms with Crippen molar-refractivity contribution in [1.82, 2.24) is 0 Å². The van der Waals surface area contributed by atoms with Gasteiger partial charge in [0.2, 0.25) is 0 Å². The summed E-state index contributed by atoms with van der Waals surface area (Å²) >= 11 is 0. The molecule has 0 bridgehead atoms. The van der Waals surface area contributed by atoms with Gasteiger partial charge < -0.3 is 4.70 Å². The van der Waals surface area contributed by atoms with Gasteiger partial charge in [0.1, 0.15) is 6.54 Å². The van der Waals surface area contributed by atoms with Crippen molar-refractivity contribution in [1.29, 1.82) is 0 Å². The number of aryl methyl sites for hydroxylation is 1. The average Bonchev–Trinajstić information content (AvgIpc) is 2.14. The smallest absolute Gasteiger partial charge is 0.261 e. The summed E-state index contributed by atoms with van der Waals surface area (Å²) in [4.78, 5) is 0. The van der Waals surface area contributed by atoms with Gasteiger partial charge in [-0.3, -0.25) is 4.55 Å². The second-order valence-corrected chi connectivity index (χ2v) is 4.67. The van der Waals surface area contributed by atoms with Crippen LogP contribution in [-0.2, 0) is 16.7 Å². The van der Waals surface area contributed by atoms with Gasteiger partial charge in [0.05, 0.1) is 6.26 Å². The number of hydrogen-bond acceptors (Lipinski definition) is 2. The molecule has 0 fully saturated rings. The van der Waals surface area contributed by atoms with E-state index in [2.05, 4.69) is 36.0 Å². The van der Waals surface area contributed by atoms with Crippen LogP contribution in [0.4, 0.5) is 0 Å². The summed E-state index contributed by atoms with van der Waals surface area (Å²) in [5.74, 6) is 0. The van der Waals surface area contributed by atoms with Gasteiger partial charge in [0.25, 0.3) is 10.1 Å². The fraction of sp³-hybridized carbons (Fsp3) is 0.500. The fourth-order valence-corrected chi connectivity index (χ4v) is 0.924. The predicted molar refractivity (Wildman–Crippen MR) is 59.0 cm³/mol. The van der Waals surface area contributed by atoms with Crippen LogP contribution >= 0.6 is 0 Å². The van der Waals surface area contributed by atoms with Gasteiger partial charge in [0.15, 0.2) is 12.4 Å². The lowest BCUT2D eigenvalue weighted by atomic mass is 10.3.